The van der Waals surface area contributed by atoms with E-state index in [4.69, 9.17) is 10.9 Å². The number of amidine groups is 1. The van der Waals surface area contributed by atoms with Crippen LogP contribution >= 0.6 is 0 Å². The third-order valence-electron chi connectivity index (χ3n) is 4.64. The van der Waals surface area contributed by atoms with Crippen molar-refractivity contribution in [2.75, 3.05) is 13.1 Å². The van der Waals surface area contributed by atoms with E-state index >= 15 is 0 Å². The number of nitrogens with two attached hydrogens (primary N) is 1. The van der Waals surface area contributed by atoms with E-state index in [-0.39, 0.29) is 5.84 Å². The maximum Gasteiger partial charge on any atom is 0.189 e. The van der Waals surface area contributed by atoms with Crippen LogP contribution in [-0.2, 0) is 6.54 Å². The molecule has 21 heavy (non-hydrogen) atoms. The SMILES string of the molecule is N/C(=N/O)c1ncccc1CNC1CCN2CCCC2C1. The van der Waals surface area contributed by atoms with Gasteiger partial charge >= 0.3 is 0 Å². The van der Waals surface area contributed by atoms with Gasteiger partial charge in [-0.1, -0.05) is 11.2 Å². The van der Waals surface area contributed by atoms with Gasteiger partial charge in [0.05, 0.1) is 0 Å². The van der Waals surface area contributed by atoms with Crippen molar-refractivity contribution in [1.29, 1.82) is 0 Å². The van der Waals surface area contributed by atoms with Crippen LogP contribution in [0.5, 0.6) is 0 Å². The van der Waals surface area contributed by atoms with E-state index in [2.05, 4.69) is 20.4 Å². The van der Waals surface area contributed by atoms with Crippen molar-refractivity contribution >= 4 is 5.84 Å². The molecule has 2 saturated heterocycles. The first kappa shape index (κ1) is 14.3. The average molecular weight is 289 g/mol. The lowest BCUT2D eigenvalue weighted by Crippen LogP contribution is -2.45. The number of oxime groups is 1. The molecule has 0 saturated carbocycles. The second-order valence-corrected chi connectivity index (χ2v) is 5.93. The Kier molecular flexibility index (Phi) is 4.36. The predicted molar refractivity (Wildman–Crippen MR) is 81.2 cm³/mol. The number of aromatic nitrogens is 1. The molecule has 6 nitrogen and oxygen atoms in total. The molecular weight excluding hydrogens is 266 g/mol. The molecule has 0 bridgehead atoms. The minimum absolute atomic E-state index is 0.0676. The van der Waals surface area contributed by atoms with Gasteiger partial charge in [0.2, 0.25) is 0 Å². The molecule has 0 spiro atoms. The second kappa shape index (κ2) is 6.41. The Morgan fingerprint density at radius 3 is 3.24 bits per heavy atom. The lowest BCUT2D eigenvalue weighted by Gasteiger charge is -2.35. The van der Waals surface area contributed by atoms with Crippen LogP contribution in [0.15, 0.2) is 23.5 Å². The molecule has 3 heterocycles. The highest BCUT2D eigenvalue weighted by Crippen LogP contribution is 2.27. The Morgan fingerprint density at radius 1 is 1.48 bits per heavy atom. The zero-order valence-corrected chi connectivity index (χ0v) is 12.2. The number of nitrogens with one attached hydrogen (secondary N) is 1. The molecular formula is C15H23N5O. The monoisotopic (exact) mass is 289 g/mol. The summed E-state index contributed by atoms with van der Waals surface area (Å²) in [4.78, 5) is 6.82. The molecule has 0 aromatic carbocycles. The quantitative estimate of drug-likeness (QED) is 0.332. The lowest BCUT2D eigenvalue weighted by molar-refractivity contribution is 0.166. The molecule has 2 atom stereocenters. The van der Waals surface area contributed by atoms with E-state index < -0.39 is 0 Å². The minimum Gasteiger partial charge on any atom is -0.409 e. The van der Waals surface area contributed by atoms with Crippen LogP contribution in [0.3, 0.4) is 0 Å². The normalized spacial score (nSPS) is 26.8. The van der Waals surface area contributed by atoms with Crippen molar-refractivity contribution in [3.05, 3.63) is 29.6 Å². The zero-order valence-electron chi connectivity index (χ0n) is 12.2. The maximum absolute atomic E-state index is 8.83. The van der Waals surface area contributed by atoms with Crippen LogP contribution in [0.4, 0.5) is 0 Å². The number of hydrogen-bond acceptors (Lipinski definition) is 5. The van der Waals surface area contributed by atoms with Crippen molar-refractivity contribution in [2.45, 2.75) is 44.3 Å². The minimum atomic E-state index is 0.0676. The molecule has 4 N–H and O–H groups in total. The molecule has 0 radical (unpaired) electrons. The molecule has 2 unspecified atom stereocenters. The summed E-state index contributed by atoms with van der Waals surface area (Å²) < 4.78 is 0. The molecule has 0 amide bonds. The van der Waals surface area contributed by atoms with Crippen LogP contribution in [-0.4, -0.2) is 46.1 Å². The van der Waals surface area contributed by atoms with Crippen molar-refractivity contribution < 1.29 is 5.21 Å². The van der Waals surface area contributed by atoms with Crippen molar-refractivity contribution in [1.82, 2.24) is 15.2 Å². The Balaban J connectivity index is 1.60. The summed E-state index contributed by atoms with van der Waals surface area (Å²) in [6.45, 7) is 3.17. The van der Waals surface area contributed by atoms with E-state index in [1.165, 1.54) is 38.8 Å². The molecule has 1 aromatic rings. The van der Waals surface area contributed by atoms with E-state index in [1.54, 1.807) is 6.20 Å². The summed E-state index contributed by atoms with van der Waals surface area (Å²) in [5.74, 6) is 0.0676. The average Bonchev–Trinajstić information content (AvgIpc) is 3.00. The Bertz CT molecular complexity index is 519. The highest BCUT2D eigenvalue weighted by atomic mass is 16.4. The van der Waals surface area contributed by atoms with Crippen LogP contribution in [0.2, 0.25) is 0 Å². The fraction of sp³-hybridized carbons (Fsp3) is 0.600. The second-order valence-electron chi connectivity index (χ2n) is 5.93. The maximum atomic E-state index is 8.83. The third-order valence-corrected chi connectivity index (χ3v) is 4.64. The Labute approximate surface area is 125 Å². The Hall–Kier alpha value is -1.66. The van der Waals surface area contributed by atoms with E-state index in [0.29, 0.717) is 18.3 Å². The molecule has 6 heteroatoms. The van der Waals surface area contributed by atoms with Crippen molar-refractivity contribution in [3.63, 3.8) is 0 Å². The van der Waals surface area contributed by atoms with Gasteiger partial charge in [0.25, 0.3) is 0 Å². The molecule has 114 valence electrons. The van der Waals surface area contributed by atoms with E-state index in [9.17, 15) is 0 Å². The molecule has 3 rings (SSSR count). The number of fused-ring (bicyclic) bond motifs is 1. The molecule has 1 aromatic heterocycles. The first-order chi connectivity index (χ1) is 10.3. The summed E-state index contributed by atoms with van der Waals surface area (Å²) in [6.07, 6.45) is 6.75. The zero-order chi connectivity index (χ0) is 14.7. The van der Waals surface area contributed by atoms with E-state index in [0.717, 1.165) is 11.6 Å². The molecule has 0 aliphatic carbocycles. The smallest absolute Gasteiger partial charge is 0.189 e. The first-order valence-corrected chi connectivity index (χ1v) is 7.67. The third kappa shape index (κ3) is 3.16. The highest BCUT2D eigenvalue weighted by Gasteiger charge is 2.31. The van der Waals surface area contributed by atoms with Gasteiger partial charge in [0, 0.05) is 24.8 Å². The summed E-state index contributed by atoms with van der Waals surface area (Å²) in [6, 6.07) is 5.15. The number of nitrogens with zero attached hydrogens (tertiary/aromatic N) is 3. The number of hydrogen-bond donors (Lipinski definition) is 3. The van der Waals surface area contributed by atoms with Crippen LogP contribution < -0.4 is 11.1 Å². The summed E-state index contributed by atoms with van der Waals surface area (Å²) in [7, 11) is 0. The fourth-order valence-electron chi connectivity index (χ4n) is 3.52. The highest BCUT2D eigenvalue weighted by molar-refractivity contribution is 5.96. The molecule has 2 fully saturated rings. The summed E-state index contributed by atoms with van der Waals surface area (Å²) in [5, 5.41) is 15.5. The van der Waals surface area contributed by atoms with Crippen molar-refractivity contribution in [2.24, 2.45) is 10.9 Å². The van der Waals surface area contributed by atoms with Gasteiger partial charge in [-0.15, -0.1) is 0 Å². The summed E-state index contributed by atoms with van der Waals surface area (Å²) >= 11 is 0. The van der Waals surface area contributed by atoms with Gasteiger partial charge < -0.3 is 21.2 Å². The number of piperidine rings is 1. The number of pyridine rings is 1. The molecule has 2 aliphatic rings. The van der Waals surface area contributed by atoms with Gasteiger partial charge in [0.1, 0.15) is 5.69 Å². The number of rotatable bonds is 4. The van der Waals surface area contributed by atoms with E-state index in [1.807, 2.05) is 12.1 Å². The van der Waals surface area contributed by atoms with Gasteiger partial charge in [-0.05, 0) is 50.4 Å². The first-order valence-electron chi connectivity index (χ1n) is 7.67. The van der Waals surface area contributed by atoms with Gasteiger partial charge in [-0.3, -0.25) is 4.98 Å². The van der Waals surface area contributed by atoms with Crippen LogP contribution in [0.25, 0.3) is 0 Å². The van der Waals surface area contributed by atoms with Crippen LogP contribution in [0.1, 0.15) is 36.9 Å². The lowest BCUT2D eigenvalue weighted by atomic mass is 9.97. The van der Waals surface area contributed by atoms with Gasteiger partial charge in [-0.2, -0.15) is 0 Å². The standard InChI is InChI=1S/C15H23N5O/c16-15(19-21)14-11(3-1-6-17-14)10-18-12-5-8-20-7-2-4-13(20)9-12/h1,3,6,12-13,18,21H,2,4-5,7-10H2,(H2,16,19). The topological polar surface area (TPSA) is 86.8 Å². The fourth-order valence-corrected chi connectivity index (χ4v) is 3.52. The summed E-state index contributed by atoms with van der Waals surface area (Å²) in [5.41, 5.74) is 7.21. The molecule has 2 aliphatic heterocycles. The van der Waals surface area contributed by atoms with Crippen LogP contribution in [0, 0.1) is 0 Å². The van der Waals surface area contributed by atoms with Crippen molar-refractivity contribution in [3.8, 4) is 0 Å². The van der Waals surface area contributed by atoms with Gasteiger partial charge in [-0.25, -0.2) is 0 Å². The predicted octanol–water partition coefficient (Wildman–Crippen LogP) is 0.892. The van der Waals surface area contributed by atoms with Gasteiger partial charge in [0.15, 0.2) is 5.84 Å². The largest absolute Gasteiger partial charge is 0.409 e. The Morgan fingerprint density at radius 2 is 2.38 bits per heavy atom.